The van der Waals surface area contributed by atoms with Crippen LogP contribution in [0, 0.1) is 0 Å². The fourth-order valence-electron chi connectivity index (χ4n) is 3.16. The minimum Gasteiger partial charge on any atom is -0.308 e. The van der Waals surface area contributed by atoms with Crippen molar-refractivity contribution < 1.29 is 8.42 Å². The Morgan fingerprint density at radius 3 is 2.61 bits per heavy atom. The molecule has 4 heterocycles. The first-order valence-corrected chi connectivity index (χ1v) is 11.2. The van der Waals surface area contributed by atoms with Gasteiger partial charge in [-0.25, -0.2) is 13.4 Å². The lowest BCUT2D eigenvalue weighted by Gasteiger charge is -2.16. The molecule has 3 aromatic heterocycles. The van der Waals surface area contributed by atoms with E-state index in [1.54, 1.807) is 0 Å². The van der Waals surface area contributed by atoms with Gasteiger partial charge in [0.2, 0.25) is 15.0 Å². The van der Waals surface area contributed by atoms with Gasteiger partial charge in [-0.05, 0) is 25.3 Å². The van der Waals surface area contributed by atoms with Crippen molar-refractivity contribution in [2.75, 3.05) is 13.1 Å². The Labute approximate surface area is 164 Å². The van der Waals surface area contributed by atoms with Gasteiger partial charge in [0.25, 0.3) is 11.1 Å². The van der Waals surface area contributed by atoms with Crippen LogP contribution in [-0.2, 0) is 23.0 Å². The molecule has 1 aliphatic heterocycles. The predicted octanol–water partition coefficient (Wildman–Crippen LogP) is 0.708. The molecule has 11 heteroatoms. The molecule has 0 spiro atoms. The van der Waals surface area contributed by atoms with E-state index < -0.39 is 10.0 Å². The molecule has 0 atom stereocenters. The number of aryl methyl sites for hydroxylation is 1. The monoisotopic (exact) mass is 421 g/mol. The van der Waals surface area contributed by atoms with Gasteiger partial charge in [0, 0.05) is 31.4 Å². The van der Waals surface area contributed by atoms with Gasteiger partial charge in [-0.2, -0.15) is 13.9 Å². The molecule has 28 heavy (non-hydrogen) atoms. The summed E-state index contributed by atoms with van der Waals surface area (Å²) in [4.78, 5) is 29.5. The van der Waals surface area contributed by atoms with Crippen molar-refractivity contribution >= 4 is 26.3 Å². The largest absolute Gasteiger partial charge is 0.308 e. The summed E-state index contributed by atoms with van der Waals surface area (Å²) >= 11 is 1.32. The maximum Gasteiger partial charge on any atom is 0.275 e. The number of pyridine rings is 1. The van der Waals surface area contributed by atoms with Crippen molar-refractivity contribution in [3.05, 3.63) is 55.8 Å². The summed E-state index contributed by atoms with van der Waals surface area (Å²) in [5.41, 5.74) is -0.306. The Morgan fingerprint density at radius 1 is 1.14 bits per heavy atom. The SMILES string of the molecule is CCc1nn2c(=O)cc(Cn3cc(S(=O)(=O)N4CCCC4)ccc3=O)nc2s1. The second-order valence-electron chi connectivity index (χ2n) is 6.57. The maximum absolute atomic E-state index is 12.8. The van der Waals surface area contributed by atoms with Gasteiger partial charge in [0.05, 0.1) is 17.1 Å². The van der Waals surface area contributed by atoms with Crippen LogP contribution >= 0.6 is 11.3 Å². The van der Waals surface area contributed by atoms with E-state index in [1.807, 2.05) is 6.92 Å². The van der Waals surface area contributed by atoms with E-state index in [9.17, 15) is 18.0 Å². The maximum atomic E-state index is 12.8. The Bertz CT molecular complexity index is 1250. The lowest BCUT2D eigenvalue weighted by Crippen LogP contribution is -2.30. The fraction of sp³-hybridized carbons (Fsp3) is 0.412. The predicted molar refractivity (Wildman–Crippen MR) is 104 cm³/mol. The molecule has 1 saturated heterocycles. The number of sulfonamides is 1. The van der Waals surface area contributed by atoms with Crippen molar-refractivity contribution in [3.63, 3.8) is 0 Å². The second kappa shape index (κ2) is 7.22. The van der Waals surface area contributed by atoms with Gasteiger partial charge in [-0.1, -0.05) is 18.3 Å². The number of nitrogens with zero attached hydrogens (tertiary/aromatic N) is 5. The van der Waals surface area contributed by atoms with Crippen LogP contribution in [-0.4, -0.2) is 45.0 Å². The van der Waals surface area contributed by atoms with E-state index in [4.69, 9.17) is 0 Å². The zero-order chi connectivity index (χ0) is 19.9. The Balaban J connectivity index is 1.71. The van der Waals surface area contributed by atoms with Crippen LogP contribution in [0.2, 0.25) is 0 Å². The highest BCUT2D eigenvalue weighted by Crippen LogP contribution is 2.20. The molecule has 0 radical (unpaired) electrons. The first kappa shape index (κ1) is 19.0. The van der Waals surface area contributed by atoms with E-state index in [1.165, 1.54) is 49.1 Å². The lowest BCUT2D eigenvalue weighted by molar-refractivity contribution is 0.476. The molecule has 1 fully saturated rings. The van der Waals surface area contributed by atoms with Crippen molar-refractivity contribution in [1.29, 1.82) is 0 Å². The molecule has 1 aliphatic rings. The highest BCUT2D eigenvalue weighted by atomic mass is 32.2. The van der Waals surface area contributed by atoms with Crippen LogP contribution in [0.4, 0.5) is 0 Å². The third-order valence-electron chi connectivity index (χ3n) is 4.63. The topological polar surface area (TPSA) is 107 Å². The molecular weight excluding hydrogens is 402 g/mol. The Hall–Kier alpha value is -2.37. The van der Waals surface area contributed by atoms with Gasteiger partial charge in [-0.15, -0.1) is 0 Å². The third kappa shape index (κ3) is 3.40. The van der Waals surface area contributed by atoms with Crippen LogP contribution in [0.25, 0.3) is 4.96 Å². The molecule has 0 saturated carbocycles. The van der Waals surface area contributed by atoms with Gasteiger partial charge >= 0.3 is 0 Å². The molecule has 0 unspecified atom stereocenters. The molecule has 0 bridgehead atoms. The normalized spacial score (nSPS) is 15.5. The van der Waals surface area contributed by atoms with Crippen LogP contribution in [0.15, 0.2) is 38.9 Å². The van der Waals surface area contributed by atoms with Gasteiger partial charge in [0.1, 0.15) is 5.01 Å². The average molecular weight is 422 g/mol. The van der Waals surface area contributed by atoms with Crippen molar-refractivity contribution in [1.82, 2.24) is 23.5 Å². The van der Waals surface area contributed by atoms with Crippen LogP contribution in [0.3, 0.4) is 0 Å². The molecule has 0 amide bonds. The number of fused-ring (bicyclic) bond motifs is 1. The standard InChI is InChI=1S/C17H19N5O4S2/c1-2-14-19-22-16(24)9-12(18-17(22)27-14)10-20-11-13(5-6-15(20)23)28(25,26)21-7-3-4-8-21/h5-6,9,11H,2-4,7-8,10H2,1H3. The van der Waals surface area contributed by atoms with E-state index in [-0.39, 0.29) is 22.6 Å². The van der Waals surface area contributed by atoms with Crippen LogP contribution in [0.1, 0.15) is 30.5 Å². The lowest BCUT2D eigenvalue weighted by atomic mass is 10.4. The minimum absolute atomic E-state index is 0.00723. The summed E-state index contributed by atoms with van der Waals surface area (Å²) < 4.78 is 29.4. The van der Waals surface area contributed by atoms with Crippen molar-refractivity contribution in [2.45, 2.75) is 37.6 Å². The zero-order valence-electron chi connectivity index (χ0n) is 15.2. The van der Waals surface area contributed by atoms with E-state index >= 15 is 0 Å². The highest BCUT2D eigenvalue weighted by molar-refractivity contribution is 7.89. The Morgan fingerprint density at radius 2 is 1.89 bits per heavy atom. The molecule has 0 N–H and O–H groups in total. The third-order valence-corrected chi connectivity index (χ3v) is 7.57. The quantitative estimate of drug-likeness (QED) is 0.601. The smallest absolute Gasteiger partial charge is 0.275 e. The summed E-state index contributed by atoms with van der Waals surface area (Å²) in [7, 11) is -3.63. The van der Waals surface area contributed by atoms with E-state index in [0.717, 1.165) is 17.8 Å². The number of rotatable bonds is 5. The van der Waals surface area contributed by atoms with E-state index in [0.29, 0.717) is 30.2 Å². The molecule has 4 rings (SSSR count). The summed E-state index contributed by atoms with van der Waals surface area (Å²) in [6.07, 6.45) is 3.69. The van der Waals surface area contributed by atoms with Gasteiger partial charge < -0.3 is 4.57 Å². The van der Waals surface area contributed by atoms with Gasteiger partial charge in [-0.3, -0.25) is 9.59 Å². The summed E-state index contributed by atoms with van der Waals surface area (Å²) in [6, 6.07) is 3.88. The minimum atomic E-state index is -3.63. The summed E-state index contributed by atoms with van der Waals surface area (Å²) in [5.74, 6) is 0. The summed E-state index contributed by atoms with van der Waals surface area (Å²) in [6.45, 7) is 2.92. The van der Waals surface area contributed by atoms with Crippen LogP contribution < -0.4 is 11.1 Å². The number of aromatic nitrogens is 4. The van der Waals surface area contributed by atoms with Gasteiger partial charge in [0.15, 0.2) is 0 Å². The fourth-order valence-corrected chi connectivity index (χ4v) is 5.55. The molecule has 148 valence electrons. The van der Waals surface area contributed by atoms with Crippen molar-refractivity contribution in [3.8, 4) is 0 Å². The number of hydrogen-bond acceptors (Lipinski definition) is 7. The second-order valence-corrected chi connectivity index (χ2v) is 9.55. The molecule has 9 nitrogen and oxygen atoms in total. The van der Waals surface area contributed by atoms with Crippen molar-refractivity contribution in [2.24, 2.45) is 0 Å². The number of hydrogen-bond donors (Lipinski definition) is 0. The highest BCUT2D eigenvalue weighted by Gasteiger charge is 2.27. The molecular formula is C17H19N5O4S2. The Kier molecular flexibility index (Phi) is 4.89. The summed E-state index contributed by atoms with van der Waals surface area (Å²) in [5, 5.41) is 4.98. The first-order chi connectivity index (χ1) is 13.4. The molecule has 0 aromatic carbocycles. The average Bonchev–Trinajstić information content (AvgIpc) is 3.33. The van der Waals surface area contributed by atoms with Crippen LogP contribution in [0.5, 0.6) is 0 Å². The molecule has 3 aromatic rings. The molecule has 0 aliphatic carbocycles. The first-order valence-electron chi connectivity index (χ1n) is 8.98. The zero-order valence-corrected chi connectivity index (χ0v) is 16.9. The van der Waals surface area contributed by atoms with E-state index in [2.05, 4.69) is 10.1 Å².